The van der Waals surface area contributed by atoms with Gasteiger partial charge in [-0.25, -0.2) is 0 Å². The standard InChI is InChI=1S/C13H19Cl2NO2/c1-2-3-6-16-8-10(17)9-18-11-4-5-12(14)13(15)7-11/h4-5,7,10,16-17H,2-3,6,8-9H2,1H3. The third kappa shape index (κ3) is 5.91. The summed E-state index contributed by atoms with van der Waals surface area (Å²) in [7, 11) is 0. The van der Waals surface area contributed by atoms with Gasteiger partial charge in [0.2, 0.25) is 0 Å². The Morgan fingerprint density at radius 3 is 2.78 bits per heavy atom. The SMILES string of the molecule is CCCCNCC(O)COc1ccc(Cl)c(Cl)c1. The number of aliphatic hydroxyl groups is 1. The molecule has 0 aliphatic carbocycles. The molecule has 0 aliphatic heterocycles. The number of ether oxygens (including phenoxy) is 1. The first-order chi connectivity index (χ1) is 8.63. The third-order valence-electron chi connectivity index (χ3n) is 2.42. The minimum absolute atomic E-state index is 0.233. The van der Waals surface area contributed by atoms with Crippen LogP contribution in [0.3, 0.4) is 0 Å². The summed E-state index contributed by atoms with van der Waals surface area (Å²) < 4.78 is 5.43. The van der Waals surface area contributed by atoms with Gasteiger partial charge in [-0.2, -0.15) is 0 Å². The van der Waals surface area contributed by atoms with E-state index in [-0.39, 0.29) is 6.61 Å². The van der Waals surface area contributed by atoms with Gasteiger partial charge in [-0.05, 0) is 25.1 Å². The fourth-order valence-electron chi connectivity index (χ4n) is 1.39. The van der Waals surface area contributed by atoms with Crippen molar-refractivity contribution in [1.29, 1.82) is 0 Å². The van der Waals surface area contributed by atoms with E-state index in [1.54, 1.807) is 18.2 Å². The molecular weight excluding hydrogens is 273 g/mol. The predicted octanol–water partition coefficient (Wildman–Crippen LogP) is 3.12. The number of aliphatic hydroxyl groups excluding tert-OH is 1. The molecule has 0 radical (unpaired) electrons. The molecule has 0 spiro atoms. The van der Waals surface area contributed by atoms with Crippen molar-refractivity contribution in [2.75, 3.05) is 19.7 Å². The summed E-state index contributed by atoms with van der Waals surface area (Å²) in [6.45, 7) is 3.81. The lowest BCUT2D eigenvalue weighted by Crippen LogP contribution is -2.31. The van der Waals surface area contributed by atoms with E-state index in [1.165, 1.54) is 0 Å². The van der Waals surface area contributed by atoms with Crippen LogP contribution in [0.4, 0.5) is 0 Å². The molecule has 0 aromatic heterocycles. The van der Waals surface area contributed by atoms with E-state index < -0.39 is 6.10 Å². The molecule has 0 saturated heterocycles. The largest absolute Gasteiger partial charge is 0.491 e. The fraction of sp³-hybridized carbons (Fsp3) is 0.538. The molecule has 0 fully saturated rings. The average molecular weight is 292 g/mol. The molecule has 2 N–H and O–H groups in total. The first-order valence-corrected chi connectivity index (χ1v) is 6.85. The lowest BCUT2D eigenvalue weighted by atomic mass is 10.3. The van der Waals surface area contributed by atoms with Crippen molar-refractivity contribution in [3.63, 3.8) is 0 Å². The van der Waals surface area contributed by atoms with E-state index in [1.807, 2.05) is 0 Å². The lowest BCUT2D eigenvalue weighted by Gasteiger charge is -2.13. The zero-order valence-electron chi connectivity index (χ0n) is 10.5. The Bertz CT molecular complexity index is 361. The van der Waals surface area contributed by atoms with Crippen LogP contribution in [0.15, 0.2) is 18.2 Å². The summed E-state index contributed by atoms with van der Waals surface area (Å²) >= 11 is 11.7. The van der Waals surface area contributed by atoms with Crippen LogP contribution in [-0.4, -0.2) is 30.9 Å². The highest BCUT2D eigenvalue weighted by Gasteiger charge is 2.06. The van der Waals surface area contributed by atoms with Gasteiger partial charge in [0, 0.05) is 12.6 Å². The molecule has 1 unspecified atom stereocenters. The average Bonchev–Trinajstić information content (AvgIpc) is 2.36. The Hall–Kier alpha value is -0.480. The van der Waals surface area contributed by atoms with Crippen molar-refractivity contribution in [3.05, 3.63) is 28.2 Å². The highest BCUT2D eigenvalue weighted by atomic mass is 35.5. The number of rotatable bonds is 8. The summed E-state index contributed by atoms with van der Waals surface area (Å²) in [4.78, 5) is 0. The molecule has 0 saturated carbocycles. The van der Waals surface area contributed by atoms with E-state index in [0.29, 0.717) is 22.3 Å². The number of halogens is 2. The molecule has 0 amide bonds. The maximum absolute atomic E-state index is 9.69. The monoisotopic (exact) mass is 291 g/mol. The molecule has 0 heterocycles. The first kappa shape index (κ1) is 15.6. The summed E-state index contributed by atoms with van der Waals surface area (Å²) in [6.07, 6.45) is 1.72. The van der Waals surface area contributed by atoms with Gasteiger partial charge in [0.05, 0.1) is 10.0 Å². The zero-order chi connectivity index (χ0) is 13.4. The van der Waals surface area contributed by atoms with E-state index in [9.17, 15) is 5.11 Å². The number of hydrogen-bond donors (Lipinski definition) is 2. The second-order valence-corrected chi connectivity index (χ2v) is 4.91. The highest BCUT2D eigenvalue weighted by Crippen LogP contribution is 2.26. The van der Waals surface area contributed by atoms with Crippen molar-refractivity contribution in [2.24, 2.45) is 0 Å². The molecule has 1 aromatic rings. The highest BCUT2D eigenvalue weighted by molar-refractivity contribution is 6.42. The molecule has 1 atom stereocenters. The second kappa shape index (κ2) is 8.59. The lowest BCUT2D eigenvalue weighted by molar-refractivity contribution is 0.106. The number of benzene rings is 1. The summed E-state index contributed by atoms with van der Waals surface area (Å²) in [5.74, 6) is 0.608. The molecule has 1 rings (SSSR count). The normalized spacial score (nSPS) is 12.4. The van der Waals surface area contributed by atoms with Crippen LogP contribution in [0.5, 0.6) is 5.75 Å². The Balaban J connectivity index is 2.24. The van der Waals surface area contributed by atoms with Gasteiger partial charge in [-0.1, -0.05) is 36.5 Å². The Labute approximate surface area is 118 Å². The van der Waals surface area contributed by atoms with E-state index in [4.69, 9.17) is 27.9 Å². The molecule has 1 aromatic carbocycles. The van der Waals surface area contributed by atoms with Gasteiger partial charge >= 0.3 is 0 Å². The third-order valence-corrected chi connectivity index (χ3v) is 3.16. The number of nitrogens with one attached hydrogen (secondary N) is 1. The summed E-state index contributed by atoms with van der Waals surface area (Å²) in [5.41, 5.74) is 0. The summed E-state index contributed by atoms with van der Waals surface area (Å²) in [6, 6.07) is 5.04. The van der Waals surface area contributed by atoms with Crippen LogP contribution in [0.25, 0.3) is 0 Å². The minimum Gasteiger partial charge on any atom is -0.491 e. The van der Waals surface area contributed by atoms with Crippen LogP contribution in [-0.2, 0) is 0 Å². The second-order valence-electron chi connectivity index (χ2n) is 4.10. The van der Waals surface area contributed by atoms with Crippen molar-refractivity contribution in [1.82, 2.24) is 5.32 Å². The van der Waals surface area contributed by atoms with Crippen LogP contribution in [0.1, 0.15) is 19.8 Å². The minimum atomic E-state index is -0.531. The molecule has 5 heteroatoms. The topological polar surface area (TPSA) is 41.5 Å². The van der Waals surface area contributed by atoms with Crippen LogP contribution < -0.4 is 10.1 Å². The van der Waals surface area contributed by atoms with Gasteiger partial charge in [0.15, 0.2) is 0 Å². The number of unbranched alkanes of at least 4 members (excludes halogenated alkanes) is 1. The zero-order valence-corrected chi connectivity index (χ0v) is 12.0. The van der Waals surface area contributed by atoms with Gasteiger partial charge < -0.3 is 15.2 Å². The predicted molar refractivity (Wildman–Crippen MR) is 75.7 cm³/mol. The quantitative estimate of drug-likeness (QED) is 0.723. The van der Waals surface area contributed by atoms with Crippen molar-refractivity contribution in [3.8, 4) is 5.75 Å². The Morgan fingerprint density at radius 1 is 1.33 bits per heavy atom. The van der Waals surface area contributed by atoms with E-state index in [0.717, 1.165) is 19.4 Å². The van der Waals surface area contributed by atoms with Crippen LogP contribution in [0, 0.1) is 0 Å². The molecule has 0 aliphatic rings. The Morgan fingerprint density at radius 2 is 2.11 bits per heavy atom. The van der Waals surface area contributed by atoms with Crippen LogP contribution in [0.2, 0.25) is 10.0 Å². The van der Waals surface area contributed by atoms with Crippen molar-refractivity contribution >= 4 is 23.2 Å². The molecule has 0 bridgehead atoms. The van der Waals surface area contributed by atoms with Gasteiger partial charge in [0.25, 0.3) is 0 Å². The fourth-order valence-corrected chi connectivity index (χ4v) is 1.68. The molecular formula is C13H19Cl2NO2. The van der Waals surface area contributed by atoms with E-state index in [2.05, 4.69) is 12.2 Å². The van der Waals surface area contributed by atoms with Gasteiger partial charge in [-0.15, -0.1) is 0 Å². The number of hydrogen-bond acceptors (Lipinski definition) is 3. The Kier molecular flexibility index (Phi) is 7.44. The van der Waals surface area contributed by atoms with E-state index >= 15 is 0 Å². The van der Waals surface area contributed by atoms with Gasteiger partial charge in [-0.3, -0.25) is 0 Å². The maximum atomic E-state index is 9.69. The first-order valence-electron chi connectivity index (χ1n) is 6.10. The smallest absolute Gasteiger partial charge is 0.121 e. The van der Waals surface area contributed by atoms with Crippen LogP contribution >= 0.6 is 23.2 Å². The van der Waals surface area contributed by atoms with Gasteiger partial charge in [0.1, 0.15) is 18.5 Å². The van der Waals surface area contributed by atoms with Crippen molar-refractivity contribution in [2.45, 2.75) is 25.9 Å². The molecule has 3 nitrogen and oxygen atoms in total. The summed E-state index contributed by atoms with van der Waals surface area (Å²) in [5, 5.41) is 13.8. The molecule has 18 heavy (non-hydrogen) atoms. The van der Waals surface area contributed by atoms with Crippen molar-refractivity contribution < 1.29 is 9.84 Å². The molecule has 102 valence electrons. The maximum Gasteiger partial charge on any atom is 0.121 e.